The van der Waals surface area contributed by atoms with E-state index in [1.165, 1.54) is 47.6 Å². The van der Waals surface area contributed by atoms with Crippen molar-refractivity contribution in [3.05, 3.63) is 206 Å². The average molecular weight is 759 g/mol. The lowest BCUT2D eigenvalue weighted by atomic mass is 9.99. The highest BCUT2D eigenvalue weighted by molar-refractivity contribution is 7.26. The van der Waals surface area contributed by atoms with Crippen molar-refractivity contribution in [2.75, 3.05) is 4.90 Å². The van der Waals surface area contributed by atoms with Crippen LogP contribution in [0.25, 0.3) is 91.9 Å². The Morgan fingerprint density at radius 2 is 0.983 bits per heavy atom. The molecule has 0 saturated carbocycles. The molecule has 0 saturated heterocycles. The number of para-hydroxylation sites is 3. The lowest BCUT2D eigenvalue weighted by Gasteiger charge is -2.26. The summed E-state index contributed by atoms with van der Waals surface area (Å²) in [6, 6.07) is 74.4. The second kappa shape index (κ2) is 13.1. The number of thiophene rings is 1. The Balaban J connectivity index is 1.02. The monoisotopic (exact) mass is 758 g/mol. The molecule has 12 aromatic rings. The minimum absolute atomic E-state index is 0.901. The summed E-state index contributed by atoms with van der Waals surface area (Å²) in [6.45, 7) is 0. The standard InChI is InChI=1S/C54H34N2OS/c1-2-12-37(13-3-1)56-48-20-7-4-14-43(48)44-33-32-40(34-49(44)56)55(38-28-24-35(25-29-38)41-17-11-22-51-53(41)47-16-5-8-21-50(47)57-51)39-30-26-36(27-31-39)42-18-10-19-46-45-15-6-9-23-52(45)58-54(42)46/h1-34H. The van der Waals surface area contributed by atoms with Crippen LogP contribution < -0.4 is 4.90 Å². The molecule has 3 aromatic heterocycles. The van der Waals surface area contributed by atoms with Gasteiger partial charge in [-0.25, -0.2) is 0 Å². The van der Waals surface area contributed by atoms with E-state index in [1.807, 2.05) is 23.5 Å². The molecular formula is C54H34N2OS. The van der Waals surface area contributed by atoms with Gasteiger partial charge in [-0.15, -0.1) is 11.3 Å². The van der Waals surface area contributed by atoms with E-state index in [1.54, 1.807) is 0 Å². The summed E-state index contributed by atoms with van der Waals surface area (Å²) in [5, 5.41) is 7.37. The fourth-order valence-corrected chi connectivity index (χ4v) is 10.2. The van der Waals surface area contributed by atoms with E-state index < -0.39 is 0 Å². The van der Waals surface area contributed by atoms with Crippen LogP contribution in [-0.2, 0) is 0 Å². The maximum atomic E-state index is 6.26. The Kier molecular flexibility index (Phi) is 7.40. The maximum absolute atomic E-state index is 6.26. The van der Waals surface area contributed by atoms with Crippen molar-refractivity contribution in [3.63, 3.8) is 0 Å². The van der Waals surface area contributed by atoms with E-state index in [4.69, 9.17) is 4.42 Å². The molecule has 0 bridgehead atoms. The number of rotatable bonds is 6. The predicted molar refractivity (Wildman–Crippen MR) is 247 cm³/mol. The third kappa shape index (κ3) is 5.12. The largest absolute Gasteiger partial charge is 0.456 e. The predicted octanol–water partition coefficient (Wildman–Crippen LogP) is 15.9. The third-order valence-electron chi connectivity index (χ3n) is 11.6. The second-order valence-corrected chi connectivity index (χ2v) is 15.9. The van der Waals surface area contributed by atoms with Crippen molar-refractivity contribution in [2.24, 2.45) is 0 Å². The summed E-state index contributed by atoms with van der Waals surface area (Å²) in [7, 11) is 0. The molecule has 4 heteroatoms. The van der Waals surface area contributed by atoms with Crippen molar-refractivity contribution in [2.45, 2.75) is 0 Å². The first-order valence-corrected chi connectivity index (χ1v) is 20.5. The second-order valence-electron chi connectivity index (χ2n) is 14.9. The fourth-order valence-electron chi connectivity index (χ4n) is 8.97. The van der Waals surface area contributed by atoms with Gasteiger partial charge >= 0.3 is 0 Å². The van der Waals surface area contributed by atoms with Crippen LogP contribution in [0.15, 0.2) is 211 Å². The Morgan fingerprint density at radius 3 is 1.79 bits per heavy atom. The molecule has 0 N–H and O–H groups in total. The average Bonchev–Trinajstić information content (AvgIpc) is 3.97. The molecule has 0 aliphatic carbocycles. The van der Waals surface area contributed by atoms with Crippen LogP contribution in [0.2, 0.25) is 0 Å². The van der Waals surface area contributed by atoms with Gasteiger partial charge < -0.3 is 13.9 Å². The summed E-state index contributed by atoms with van der Waals surface area (Å²) in [6.07, 6.45) is 0. The summed E-state index contributed by atoms with van der Waals surface area (Å²) in [4.78, 5) is 2.38. The molecule has 0 spiro atoms. The molecule has 0 atom stereocenters. The molecule has 0 amide bonds. The van der Waals surface area contributed by atoms with Gasteiger partial charge in [0.1, 0.15) is 11.2 Å². The Labute approximate surface area is 338 Å². The van der Waals surface area contributed by atoms with Gasteiger partial charge in [0.25, 0.3) is 0 Å². The Morgan fingerprint density at radius 1 is 0.397 bits per heavy atom. The highest BCUT2D eigenvalue weighted by Gasteiger charge is 2.19. The van der Waals surface area contributed by atoms with E-state index in [0.717, 1.165) is 61.3 Å². The quantitative estimate of drug-likeness (QED) is 0.168. The Bertz CT molecular complexity index is 3500. The first-order chi connectivity index (χ1) is 28.8. The number of anilines is 3. The SMILES string of the molecule is c1ccc(-n2c3ccccc3c3ccc(N(c4ccc(-c5cccc6c5sc5ccccc56)cc4)c4ccc(-c5cccc6oc7ccccc7c56)cc4)cc32)cc1. The number of hydrogen-bond donors (Lipinski definition) is 0. The van der Waals surface area contributed by atoms with Crippen LogP contribution >= 0.6 is 11.3 Å². The van der Waals surface area contributed by atoms with Gasteiger partial charge in [0, 0.05) is 64.5 Å². The minimum Gasteiger partial charge on any atom is -0.456 e. The first-order valence-electron chi connectivity index (χ1n) is 19.7. The fraction of sp³-hybridized carbons (Fsp3) is 0. The number of nitrogens with zero attached hydrogens (tertiary/aromatic N) is 2. The van der Waals surface area contributed by atoms with Gasteiger partial charge in [-0.05, 0) is 95.1 Å². The van der Waals surface area contributed by atoms with Crippen LogP contribution in [0.3, 0.4) is 0 Å². The van der Waals surface area contributed by atoms with Gasteiger partial charge in [0.05, 0.1) is 11.0 Å². The lowest BCUT2D eigenvalue weighted by Crippen LogP contribution is -2.10. The smallest absolute Gasteiger partial charge is 0.136 e. The maximum Gasteiger partial charge on any atom is 0.136 e. The van der Waals surface area contributed by atoms with E-state index in [0.29, 0.717) is 0 Å². The minimum atomic E-state index is 0.901. The molecule has 3 nitrogen and oxygen atoms in total. The van der Waals surface area contributed by atoms with Crippen LogP contribution in [0, 0.1) is 0 Å². The van der Waals surface area contributed by atoms with Crippen LogP contribution in [0.5, 0.6) is 0 Å². The number of hydrogen-bond acceptors (Lipinski definition) is 3. The zero-order valence-corrected chi connectivity index (χ0v) is 32.2. The molecule has 0 radical (unpaired) electrons. The van der Waals surface area contributed by atoms with Crippen molar-refractivity contribution in [3.8, 4) is 27.9 Å². The van der Waals surface area contributed by atoms with Gasteiger partial charge in [0.2, 0.25) is 0 Å². The number of furan rings is 1. The van der Waals surface area contributed by atoms with Gasteiger partial charge in [-0.2, -0.15) is 0 Å². The molecule has 9 aromatic carbocycles. The molecule has 12 rings (SSSR count). The van der Waals surface area contributed by atoms with E-state index in [2.05, 4.69) is 204 Å². The topological polar surface area (TPSA) is 21.3 Å². The molecule has 272 valence electrons. The summed E-state index contributed by atoms with van der Waals surface area (Å²) < 4.78 is 11.3. The summed E-state index contributed by atoms with van der Waals surface area (Å²) >= 11 is 1.87. The van der Waals surface area contributed by atoms with Gasteiger partial charge in [-0.3, -0.25) is 0 Å². The normalized spacial score (nSPS) is 11.8. The van der Waals surface area contributed by atoms with Crippen molar-refractivity contribution in [1.82, 2.24) is 4.57 Å². The molecule has 0 unspecified atom stereocenters. The van der Waals surface area contributed by atoms with Crippen molar-refractivity contribution in [1.29, 1.82) is 0 Å². The number of benzene rings is 9. The van der Waals surface area contributed by atoms with Gasteiger partial charge in [-0.1, -0.05) is 133 Å². The highest BCUT2D eigenvalue weighted by atomic mass is 32.1. The molecule has 0 fully saturated rings. The zero-order chi connectivity index (χ0) is 38.2. The van der Waals surface area contributed by atoms with E-state index in [-0.39, 0.29) is 0 Å². The van der Waals surface area contributed by atoms with E-state index >= 15 is 0 Å². The van der Waals surface area contributed by atoms with Crippen LogP contribution in [-0.4, -0.2) is 4.57 Å². The first kappa shape index (κ1) is 32.8. The van der Waals surface area contributed by atoms with Crippen molar-refractivity contribution >= 4 is 92.3 Å². The summed E-state index contributed by atoms with van der Waals surface area (Å²) in [5.74, 6) is 0. The third-order valence-corrected chi connectivity index (χ3v) is 12.8. The molecule has 0 aliphatic heterocycles. The van der Waals surface area contributed by atoms with Crippen LogP contribution in [0.1, 0.15) is 0 Å². The Hall–Kier alpha value is -7.40. The summed E-state index contributed by atoms with van der Waals surface area (Å²) in [5.41, 5.74) is 13.3. The molecule has 58 heavy (non-hydrogen) atoms. The van der Waals surface area contributed by atoms with E-state index in [9.17, 15) is 0 Å². The lowest BCUT2D eigenvalue weighted by molar-refractivity contribution is 0.669. The number of fused-ring (bicyclic) bond motifs is 9. The molecule has 0 aliphatic rings. The zero-order valence-electron chi connectivity index (χ0n) is 31.3. The van der Waals surface area contributed by atoms with Crippen LogP contribution in [0.4, 0.5) is 17.1 Å². The highest BCUT2D eigenvalue weighted by Crippen LogP contribution is 2.44. The van der Waals surface area contributed by atoms with Crippen molar-refractivity contribution < 1.29 is 4.42 Å². The van der Waals surface area contributed by atoms with Gasteiger partial charge in [0.15, 0.2) is 0 Å². The number of aromatic nitrogens is 1. The molecular weight excluding hydrogens is 725 g/mol. The molecule has 3 heterocycles.